The highest BCUT2D eigenvalue weighted by Crippen LogP contribution is 2.09. The number of hydrogen-bond acceptors (Lipinski definition) is 2. The number of hydrogen-bond donors (Lipinski definition) is 1. The minimum Gasteiger partial charge on any atom is -0.313 e. The molecule has 0 radical (unpaired) electrons. The first-order chi connectivity index (χ1) is 8.65. The summed E-state index contributed by atoms with van der Waals surface area (Å²) in [5, 5.41) is 3.36. The fourth-order valence-corrected chi connectivity index (χ4v) is 2.03. The normalized spacial score (nSPS) is 10.9. The van der Waals surface area contributed by atoms with E-state index in [9.17, 15) is 0 Å². The topological polar surface area (TPSA) is 15.3 Å². The Labute approximate surface area is 112 Å². The molecule has 0 saturated heterocycles. The van der Waals surface area contributed by atoms with Gasteiger partial charge in [0.05, 0.1) is 0 Å². The standard InChI is InChI=1S/C16H26N2/c1-5-17-11-15-8-7-9-16(10-15)13-18(6-2)12-14(3)4/h7-10,17H,3,5-6,11-13H2,1-2,4H3. The molecule has 0 amide bonds. The number of benzene rings is 1. The van der Waals surface area contributed by atoms with E-state index in [-0.39, 0.29) is 0 Å². The highest BCUT2D eigenvalue weighted by Gasteiger charge is 2.04. The van der Waals surface area contributed by atoms with Gasteiger partial charge >= 0.3 is 0 Å². The molecule has 0 atom stereocenters. The highest BCUT2D eigenvalue weighted by atomic mass is 15.1. The van der Waals surface area contributed by atoms with Crippen LogP contribution in [0.5, 0.6) is 0 Å². The molecule has 1 aromatic carbocycles. The summed E-state index contributed by atoms with van der Waals surface area (Å²) in [4.78, 5) is 2.41. The quantitative estimate of drug-likeness (QED) is 0.709. The molecule has 1 N–H and O–H groups in total. The van der Waals surface area contributed by atoms with Crippen molar-refractivity contribution in [3.05, 3.63) is 47.5 Å². The largest absolute Gasteiger partial charge is 0.313 e. The van der Waals surface area contributed by atoms with Crippen molar-refractivity contribution >= 4 is 0 Å². The van der Waals surface area contributed by atoms with Crippen LogP contribution in [0.3, 0.4) is 0 Å². The SMILES string of the molecule is C=C(C)CN(CC)Cc1cccc(CNCC)c1. The second-order valence-electron chi connectivity index (χ2n) is 4.86. The predicted molar refractivity (Wildman–Crippen MR) is 79.6 cm³/mol. The van der Waals surface area contributed by atoms with E-state index in [1.54, 1.807) is 0 Å². The Balaban J connectivity index is 2.62. The summed E-state index contributed by atoms with van der Waals surface area (Å²) in [5.41, 5.74) is 3.97. The molecular weight excluding hydrogens is 220 g/mol. The molecule has 0 aliphatic rings. The lowest BCUT2D eigenvalue weighted by atomic mass is 10.1. The third-order valence-electron chi connectivity index (χ3n) is 2.92. The average molecular weight is 246 g/mol. The smallest absolute Gasteiger partial charge is 0.0237 e. The van der Waals surface area contributed by atoms with Crippen LogP contribution in [0.2, 0.25) is 0 Å². The van der Waals surface area contributed by atoms with Gasteiger partial charge in [0, 0.05) is 19.6 Å². The molecule has 0 heterocycles. The van der Waals surface area contributed by atoms with Crippen molar-refractivity contribution in [1.29, 1.82) is 0 Å². The third kappa shape index (κ3) is 5.48. The van der Waals surface area contributed by atoms with Crippen LogP contribution in [-0.2, 0) is 13.1 Å². The third-order valence-corrected chi connectivity index (χ3v) is 2.92. The number of nitrogens with zero attached hydrogens (tertiary/aromatic N) is 1. The minimum absolute atomic E-state index is 0.955. The van der Waals surface area contributed by atoms with Gasteiger partial charge in [0.2, 0.25) is 0 Å². The zero-order valence-electron chi connectivity index (χ0n) is 12.0. The van der Waals surface area contributed by atoms with Gasteiger partial charge in [-0.2, -0.15) is 0 Å². The van der Waals surface area contributed by atoms with E-state index in [1.165, 1.54) is 16.7 Å². The highest BCUT2D eigenvalue weighted by molar-refractivity contribution is 5.23. The van der Waals surface area contributed by atoms with Crippen molar-refractivity contribution in [2.45, 2.75) is 33.9 Å². The summed E-state index contributed by atoms with van der Waals surface area (Å²) in [6, 6.07) is 8.83. The van der Waals surface area contributed by atoms with Crippen molar-refractivity contribution in [3.8, 4) is 0 Å². The van der Waals surface area contributed by atoms with E-state index >= 15 is 0 Å². The van der Waals surface area contributed by atoms with E-state index < -0.39 is 0 Å². The molecule has 1 rings (SSSR count). The Kier molecular flexibility index (Phi) is 6.69. The molecular formula is C16H26N2. The molecule has 0 aliphatic carbocycles. The van der Waals surface area contributed by atoms with E-state index in [0.717, 1.165) is 32.7 Å². The first-order valence-electron chi connectivity index (χ1n) is 6.81. The van der Waals surface area contributed by atoms with Gasteiger partial charge < -0.3 is 5.32 Å². The maximum Gasteiger partial charge on any atom is 0.0237 e. The van der Waals surface area contributed by atoms with Gasteiger partial charge in [-0.3, -0.25) is 4.90 Å². The van der Waals surface area contributed by atoms with Crippen molar-refractivity contribution in [2.75, 3.05) is 19.6 Å². The maximum absolute atomic E-state index is 3.99. The summed E-state index contributed by atoms with van der Waals surface area (Å²) >= 11 is 0. The molecule has 0 saturated carbocycles. The Morgan fingerprint density at radius 1 is 1.28 bits per heavy atom. The van der Waals surface area contributed by atoms with Crippen molar-refractivity contribution in [1.82, 2.24) is 10.2 Å². The van der Waals surface area contributed by atoms with Gasteiger partial charge in [-0.25, -0.2) is 0 Å². The van der Waals surface area contributed by atoms with Crippen LogP contribution in [0.4, 0.5) is 0 Å². The van der Waals surface area contributed by atoms with Crippen LogP contribution >= 0.6 is 0 Å². The fraction of sp³-hybridized carbons (Fsp3) is 0.500. The lowest BCUT2D eigenvalue weighted by Crippen LogP contribution is -2.24. The molecule has 0 aromatic heterocycles. The number of likely N-dealkylation sites (N-methyl/N-ethyl adjacent to an activating group) is 1. The first kappa shape index (κ1) is 14.9. The lowest BCUT2D eigenvalue weighted by molar-refractivity contribution is 0.304. The zero-order valence-corrected chi connectivity index (χ0v) is 12.0. The van der Waals surface area contributed by atoms with Crippen LogP contribution < -0.4 is 5.32 Å². The maximum atomic E-state index is 3.99. The molecule has 100 valence electrons. The van der Waals surface area contributed by atoms with Crippen molar-refractivity contribution in [2.24, 2.45) is 0 Å². The van der Waals surface area contributed by atoms with Gasteiger partial charge in [0.15, 0.2) is 0 Å². The van der Waals surface area contributed by atoms with Gasteiger partial charge in [-0.15, -0.1) is 0 Å². The molecule has 0 bridgehead atoms. The summed E-state index contributed by atoms with van der Waals surface area (Å²) in [6.07, 6.45) is 0. The van der Waals surface area contributed by atoms with E-state index in [2.05, 4.69) is 61.8 Å². The Morgan fingerprint density at radius 2 is 2.00 bits per heavy atom. The average Bonchev–Trinajstić information content (AvgIpc) is 2.35. The van der Waals surface area contributed by atoms with Crippen molar-refractivity contribution < 1.29 is 0 Å². The van der Waals surface area contributed by atoms with Gasteiger partial charge in [0.1, 0.15) is 0 Å². The minimum atomic E-state index is 0.955. The second-order valence-corrected chi connectivity index (χ2v) is 4.86. The monoisotopic (exact) mass is 246 g/mol. The van der Waals surface area contributed by atoms with Crippen LogP contribution in [0.1, 0.15) is 31.9 Å². The molecule has 0 spiro atoms. The van der Waals surface area contributed by atoms with Crippen LogP contribution in [-0.4, -0.2) is 24.5 Å². The van der Waals surface area contributed by atoms with E-state index in [0.29, 0.717) is 0 Å². The van der Waals surface area contributed by atoms with E-state index in [4.69, 9.17) is 0 Å². The number of nitrogens with one attached hydrogen (secondary N) is 1. The fourth-order valence-electron chi connectivity index (χ4n) is 2.03. The Bertz CT molecular complexity index is 371. The summed E-state index contributed by atoms with van der Waals surface area (Å²) in [6.45, 7) is 15.4. The van der Waals surface area contributed by atoms with Gasteiger partial charge in [-0.1, -0.05) is 50.3 Å². The molecule has 2 nitrogen and oxygen atoms in total. The molecule has 1 aromatic rings. The Morgan fingerprint density at radius 3 is 2.61 bits per heavy atom. The van der Waals surface area contributed by atoms with Crippen LogP contribution in [0.15, 0.2) is 36.4 Å². The molecule has 18 heavy (non-hydrogen) atoms. The van der Waals surface area contributed by atoms with Crippen molar-refractivity contribution in [3.63, 3.8) is 0 Å². The lowest BCUT2D eigenvalue weighted by Gasteiger charge is -2.20. The zero-order chi connectivity index (χ0) is 13.4. The summed E-state index contributed by atoms with van der Waals surface area (Å²) < 4.78 is 0. The van der Waals surface area contributed by atoms with Gasteiger partial charge in [-0.05, 0) is 31.1 Å². The second kappa shape index (κ2) is 8.06. The first-order valence-corrected chi connectivity index (χ1v) is 6.81. The predicted octanol–water partition coefficient (Wildman–Crippen LogP) is 3.19. The molecule has 0 fully saturated rings. The van der Waals surface area contributed by atoms with Crippen LogP contribution in [0.25, 0.3) is 0 Å². The van der Waals surface area contributed by atoms with Gasteiger partial charge in [0.25, 0.3) is 0 Å². The van der Waals surface area contributed by atoms with Crippen LogP contribution in [0, 0.1) is 0 Å². The Hall–Kier alpha value is -1.12. The molecule has 2 heteroatoms. The summed E-state index contributed by atoms with van der Waals surface area (Å²) in [7, 11) is 0. The summed E-state index contributed by atoms with van der Waals surface area (Å²) in [5.74, 6) is 0. The molecule has 0 unspecified atom stereocenters. The number of rotatable bonds is 8. The van der Waals surface area contributed by atoms with E-state index in [1.807, 2.05) is 0 Å². The molecule has 0 aliphatic heterocycles.